The van der Waals surface area contributed by atoms with Crippen LogP contribution in [0, 0.1) is 0 Å². The minimum atomic E-state index is 0.401. The third kappa shape index (κ3) is 4.76. The molecule has 1 fully saturated rings. The van der Waals surface area contributed by atoms with Gasteiger partial charge >= 0.3 is 0 Å². The van der Waals surface area contributed by atoms with E-state index in [0.29, 0.717) is 24.4 Å². The third-order valence-corrected chi connectivity index (χ3v) is 5.79. The number of rotatable bonds is 7. The molecular weight excluding hydrogens is 346 g/mol. The fourth-order valence-corrected chi connectivity index (χ4v) is 4.03. The lowest BCUT2D eigenvalue weighted by atomic mass is 9.83. The molecule has 0 spiro atoms. The summed E-state index contributed by atoms with van der Waals surface area (Å²) in [5, 5.41) is 0. The molecule has 0 radical (unpaired) electrons. The van der Waals surface area contributed by atoms with Crippen molar-refractivity contribution in [2.75, 3.05) is 13.1 Å². The van der Waals surface area contributed by atoms with E-state index in [2.05, 4.69) is 64.1 Å². The second kappa shape index (κ2) is 9.27. The highest BCUT2D eigenvalue weighted by atomic mass is 16.5. The van der Waals surface area contributed by atoms with Crippen LogP contribution in [0.1, 0.15) is 80.5 Å². The van der Waals surface area contributed by atoms with Crippen molar-refractivity contribution in [1.82, 2.24) is 4.90 Å². The number of ether oxygens (including phenoxy) is 1. The summed E-state index contributed by atoms with van der Waals surface area (Å²) in [5.74, 6) is 2.38. The Balaban J connectivity index is 1.91. The molecule has 1 aliphatic rings. The van der Waals surface area contributed by atoms with Crippen LogP contribution < -0.4 is 4.74 Å². The van der Waals surface area contributed by atoms with Crippen molar-refractivity contribution < 1.29 is 9.53 Å². The van der Waals surface area contributed by atoms with Gasteiger partial charge in [0.2, 0.25) is 6.41 Å². The summed E-state index contributed by atoms with van der Waals surface area (Å²) in [5.41, 5.74) is 5.20. The smallest absolute Gasteiger partial charge is 0.209 e. The molecule has 3 nitrogen and oxygen atoms in total. The molecule has 28 heavy (non-hydrogen) atoms. The van der Waals surface area contributed by atoms with Crippen LogP contribution in [0.5, 0.6) is 5.75 Å². The molecule has 1 heterocycles. The molecule has 0 saturated carbocycles. The van der Waals surface area contributed by atoms with E-state index in [1.54, 1.807) is 0 Å². The van der Waals surface area contributed by atoms with Crippen LogP contribution in [-0.2, 0) is 11.4 Å². The molecule has 2 aromatic carbocycles. The first-order valence-electron chi connectivity index (χ1n) is 10.5. The average molecular weight is 380 g/mol. The zero-order valence-electron chi connectivity index (χ0n) is 17.7. The van der Waals surface area contributed by atoms with Gasteiger partial charge in [-0.05, 0) is 52.8 Å². The van der Waals surface area contributed by atoms with Crippen LogP contribution in [0.3, 0.4) is 0 Å². The first-order valence-corrected chi connectivity index (χ1v) is 10.5. The molecule has 0 atom stereocenters. The lowest BCUT2D eigenvalue weighted by Gasteiger charge is -2.31. The average Bonchev–Trinajstić information content (AvgIpc) is 2.72. The lowest BCUT2D eigenvalue weighted by molar-refractivity contribution is -0.119. The molecule has 3 rings (SSSR count). The van der Waals surface area contributed by atoms with Crippen molar-refractivity contribution in [3.8, 4) is 5.75 Å². The quantitative estimate of drug-likeness (QED) is 0.565. The fraction of sp³-hybridized carbons (Fsp3) is 0.480. The molecule has 2 aromatic rings. The van der Waals surface area contributed by atoms with Crippen LogP contribution in [0.15, 0.2) is 42.5 Å². The van der Waals surface area contributed by atoms with Gasteiger partial charge in [0.1, 0.15) is 12.4 Å². The van der Waals surface area contributed by atoms with Gasteiger partial charge in [-0.1, -0.05) is 70.2 Å². The lowest BCUT2D eigenvalue weighted by Crippen LogP contribution is -2.31. The van der Waals surface area contributed by atoms with E-state index in [9.17, 15) is 4.79 Å². The molecule has 1 saturated heterocycles. The summed E-state index contributed by atoms with van der Waals surface area (Å²) >= 11 is 0. The zero-order chi connectivity index (χ0) is 20.1. The monoisotopic (exact) mass is 379 g/mol. The SMILES string of the molecule is CC(C)c1cc(C2CCN(C=O)CC2)cc(C(C)C)c1OCc1ccccc1. The van der Waals surface area contributed by atoms with Gasteiger partial charge in [-0.15, -0.1) is 0 Å². The van der Waals surface area contributed by atoms with Crippen LogP contribution >= 0.6 is 0 Å². The predicted molar refractivity (Wildman–Crippen MR) is 115 cm³/mol. The number of hydrogen-bond donors (Lipinski definition) is 0. The van der Waals surface area contributed by atoms with Crippen molar-refractivity contribution in [1.29, 1.82) is 0 Å². The van der Waals surface area contributed by atoms with Gasteiger partial charge in [0, 0.05) is 13.1 Å². The number of amides is 1. The van der Waals surface area contributed by atoms with E-state index >= 15 is 0 Å². The summed E-state index contributed by atoms with van der Waals surface area (Å²) < 4.78 is 6.40. The highest BCUT2D eigenvalue weighted by Crippen LogP contribution is 2.40. The number of nitrogens with zero attached hydrogens (tertiary/aromatic N) is 1. The van der Waals surface area contributed by atoms with Gasteiger partial charge in [0.05, 0.1) is 0 Å². The molecule has 1 aliphatic heterocycles. The Morgan fingerprint density at radius 3 is 2.07 bits per heavy atom. The second-order valence-corrected chi connectivity index (χ2v) is 8.53. The minimum Gasteiger partial charge on any atom is -0.488 e. The van der Waals surface area contributed by atoms with E-state index < -0.39 is 0 Å². The summed E-state index contributed by atoms with van der Waals surface area (Å²) in [4.78, 5) is 12.9. The predicted octanol–water partition coefficient (Wildman–Crippen LogP) is 5.85. The number of benzene rings is 2. The van der Waals surface area contributed by atoms with E-state index in [4.69, 9.17) is 4.74 Å². The van der Waals surface area contributed by atoms with Gasteiger partial charge < -0.3 is 9.64 Å². The van der Waals surface area contributed by atoms with E-state index in [-0.39, 0.29) is 0 Å². The summed E-state index contributed by atoms with van der Waals surface area (Å²) in [6.07, 6.45) is 3.06. The van der Waals surface area contributed by atoms with Crippen LogP contribution in [0.2, 0.25) is 0 Å². The minimum absolute atomic E-state index is 0.401. The van der Waals surface area contributed by atoms with Gasteiger partial charge in [-0.2, -0.15) is 0 Å². The normalized spacial score (nSPS) is 15.3. The molecule has 1 amide bonds. The maximum absolute atomic E-state index is 11.0. The second-order valence-electron chi connectivity index (χ2n) is 8.53. The maximum Gasteiger partial charge on any atom is 0.209 e. The number of carbonyl (C=O) groups is 1. The molecule has 0 N–H and O–H groups in total. The standard InChI is InChI=1S/C25H33NO2/c1-18(2)23-14-22(21-10-12-26(17-27)13-11-21)15-24(19(3)4)25(23)28-16-20-8-6-5-7-9-20/h5-9,14-15,17-19,21H,10-13,16H2,1-4H3. The zero-order valence-corrected chi connectivity index (χ0v) is 17.7. The number of piperidine rings is 1. The molecule has 150 valence electrons. The largest absolute Gasteiger partial charge is 0.488 e. The van der Waals surface area contributed by atoms with Gasteiger partial charge in [0.25, 0.3) is 0 Å². The van der Waals surface area contributed by atoms with Gasteiger partial charge in [0.15, 0.2) is 0 Å². The van der Waals surface area contributed by atoms with Crippen LogP contribution in [-0.4, -0.2) is 24.4 Å². The topological polar surface area (TPSA) is 29.5 Å². The van der Waals surface area contributed by atoms with E-state index in [0.717, 1.165) is 38.1 Å². The maximum atomic E-state index is 11.0. The van der Waals surface area contributed by atoms with Gasteiger partial charge in [-0.3, -0.25) is 4.79 Å². The Bertz CT molecular complexity index is 745. The first-order chi connectivity index (χ1) is 13.5. The van der Waals surface area contributed by atoms with Crippen molar-refractivity contribution in [3.63, 3.8) is 0 Å². The summed E-state index contributed by atoms with van der Waals surface area (Å²) in [6.45, 7) is 11.3. The Morgan fingerprint density at radius 1 is 1.00 bits per heavy atom. The Morgan fingerprint density at radius 2 is 1.57 bits per heavy atom. The van der Waals surface area contributed by atoms with E-state index in [1.807, 2.05) is 11.0 Å². The molecule has 0 aromatic heterocycles. The van der Waals surface area contributed by atoms with Gasteiger partial charge in [-0.25, -0.2) is 0 Å². The van der Waals surface area contributed by atoms with Crippen LogP contribution in [0.4, 0.5) is 0 Å². The highest BCUT2D eigenvalue weighted by molar-refractivity contribution is 5.50. The first kappa shape index (κ1) is 20.4. The Kier molecular flexibility index (Phi) is 6.77. The van der Waals surface area contributed by atoms with Crippen molar-refractivity contribution in [2.24, 2.45) is 0 Å². The number of hydrogen-bond acceptors (Lipinski definition) is 2. The molecule has 0 bridgehead atoms. The van der Waals surface area contributed by atoms with Crippen molar-refractivity contribution in [2.45, 2.75) is 64.9 Å². The molecular formula is C25H33NO2. The molecule has 0 unspecified atom stereocenters. The van der Waals surface area contributed by atoms with E-state index in [1.165, 1.54) is 22.3 Å². The third-order valence-electron chi connectivity index (χ3n) is 5.79. The molecule has 3 heteroatoms. The fourth-order valence-electron chi connectivity index (χ4n) is 4.03. The van der Waals surface area contributed by atoms with Crippen LogP contribution in [0.25, 0.3) is 0 Å². The van der Waals surface area contributed by atoms with Crippen molar-refractivity contribution >= 4 is 6.41 Å². The Labute approximate surface area is 169 Å². The highest BCUT2D eigenvalue weighted by Gasteiger charge is 2.24. The van der Waals surface area contributed by atoms with Crippen molar-refractivity contribution in [3.05, 3.63) is 64.7 Å². The number of likely N-dealkylation sites (tertiary alicyclic amines) is 1. The summed E-state index contributed by atoms with van der Waals surface area (Å²) in [7, 11) is 0. The number of carbonyl (C=O) groups excluding carboxylic acids is 1. The summed E-state index contributed by atoms with van der Waals surface area (Å²) in [6, 6.07) is 15.1. The Hall–Kier alpha value is -2.29. The molecule has 0 aliphatic carbocycles.